The molecule has 4 N–H and O–H groups in total. The minimum absolute atomic E-state index is 0.157. The number of fused-ring (bicyclic) bond motifs is 1. The molecule has 1 unspecified atom stereocenters. The van der Waals surface area contributed by atoms with Crippen molar-refractivity contribution in [2.24, 2.45) is 5.73 Å². The average molecular weight is 650 g/mol. The molecular formula is C23H19F3I2N2O. The summed E-state index contributed by atoms with van der Waals surface area (Å²) in [6.45, 7) is 1.94. The van der Waals surface area contributed by atoms with Crippen LogP contribution in [0.1, 0.15) is 28.5 Å². The van der Waals surface area contributed by atoms with Gasteiger partial charge in [0.25, 0.3) is 0 Å². The summed E-state index contributed by atoms with van der Waals surface area (Å²) in [5, 5.41) is 13.5. The second-order valence-corrected chi connectivity index (χ2v) is 14.3. The van der Waals surface area contributed by atoms with E-state index in [-0.39, 0.29) is 47.0 Å². The van der Waals surface area contributed by atoms with E-state index in [4.69, 9.17) is 5.73 Å². The third-order valence-electron chi connectivity index (χ3n) is 4.93. The Morgan fingerprint density at radius 3 is 2.58 bits per heavy atom. The van der Waals surface area contributed by atoms with E-state index in [9.17, 15) is 18.3 Å². The summed E-state index contributed by atoms with van der Waals surface area (Å²) in [4.78, 5) is 0. The zero-order valence-corrected chi connectivity index (χ0v) is 20.7. The smallest absolute Gasteiger partial charge is 0.369 e. The molecule has 162 valence electrons. The second-order valence-electron chi connectivity index (χ2n) is 6.99. The number of aliphatic hydroxyl groups is 1. The molecule has 0 amide bonds. The van der Waals surface area contributed by atoms with E-state index < -0.39 is 18.0 Å². The molecule has 0 saturated heterocycles. The van der Waals surface area contributed by atoms with Crippen molar-refractivity contribution < 1.29 is 18.3 Å². The van der Waals surface area contributed by atoms with E-state index in [1.54, 1.807) is 0 Å². The van der Waals surface area contributed by atoms with Crippen LogP contribution < -0.4 is 11.1 Å². The maximum absolute atomic E-state index is 13.0. The maximum Gasteiger partial charge on any atom is 0.416 e. The molecule has 31 heavy (non-hydrogen) atoms. The van der Waals surface area contributed by atoms with Gasteiger partial charge in [0.05, 0.1) is 7.20 Å². The van der Waals surface area contributed by atoms with E-state index in [2.05, 4.69) is 27.5 Å². The van der Waals surface area contributed by atoms with Gasteiger partial charge >= 0.3 is 6.18 Å². The molecule has 3 aromatic rings. The van der Waals surface area contributed by atoms with Gasteiger partial charge in [-0.1, -0.05) is 71.8 Å². The second kappa shape index (κ2) is 9.08. The third-order valence-corrected chi connectivity index (χ3v) is 11.5. The number of aliphatic hydroxyl groups excluding tert-OH is 1. The number of benzene rings is 3. The van der Waals surface area contributed by atoms with E-state index in [0.717, 1.165) is 28.8 Å². The molecule has 0 aliphatic carbocycles. The Balaban J connectivity index is 1.62. The van der Waals surface area contributed by atoms with Crippen molar-refractivity contribution in [1.29, 1.82) is 0 Å². The molecule has 1 heterocycles. The Labute approximate surface area is 198 Å². The van der Waals surface area contributed by atoms with Crippen molar-refractivity contribution in [2.75, 3.05) is 5.32 Å². The minimum atomic E-state index is -4.46. The van der Waals surface area contributed by atoms with Gasteiger partial charge in [-0.2, -0.15) is 13.2 Å². The van der Waals surface area contributed by atoms with Crippen molar-refractivity contribution >= 4 is 52.8 Å². The van der Waals surface area contributed by atoms with Gasteiger partial charge < -0.3 is 10.4 Å². The van der Waals surface area contributed by atoms with Crippen molar-refractivity contribution in [3.63, 3.8) is 0 Å². The SMILES string of the molecule is Cc1c(NC(O)c2cccc(C(F)(F)F)c2)cccc1-c1ccc2c(c1)C=IC(N)=I2. The zero-order valence-electron chi connectivity index (χ0n) is 16.3. The summed E-state index contributed by atoms with van der Waals surface area (Å²) in [5.74, 6) is 0. The van der Waals surface area contributed by atoms with Crippen LogP contribution >= 0.6 is 41.5 Å². The Morgan fingerprint density at radius 1 is 1.03 bits per heavy atom. The molecular weight excluding hydrogens is 631 g/mol. The first-order valence-corrected chi connectivity index (χ1v) is 13.8. The molecule has 0 spiro atoms. The first kappa shape index (κ1) is 22.6. The number of hydrogen-bond acceptors (Lipinski definition) is 3. The van der Waals surface area contributed by atoms with Crippen LogP contribution in [0.2, 0.25) is 0 Å². The third kappa shape index (κ3) is 5.07. The molecule has 0 fully saturated rings. The summed E-state index contributed by atoms with van der Waals surface area (Å²) in [5.41, 5.74) is 10.4. The van der Waals surface area contributed by atoms with Crippen LogP contribution in [0.4, 0.5) is 18.9 Å². The first-order valence-electron chi connectivity index (χ1n) is 9.32. The monoisotopic (exact) mass is 650 g/mol. The van der Waals surface area contributed by atoms with Crippen LogP contribution in [0.15, 0.2) is 60.7 Å². The largest absolute Gasteiger partial charge is 0.416 e. The summed E-state index contributed by atoms with van der Waals surface area (Å²) in [6.07, 6.45) is -5.72. The molecule has 3 aromatic carbocycles. The molecule has 1 atom stereocenters. The van der Waals surface area contributed by atoms with E-state index >= 15 is 0 Å². The summed E-state index contributed by atoms with van der Waals surface area (Å²) >= 11 is -0.419. The molecule has 3 nitrogen and oxygen atoms in total. The average Bonchev–Trinajstić information content (AvgIpc) is 2.74. The highest BCUT2D eigenvalue weighted by atomic mass is 127. The van der Waals surface area contributed by atoms with E-state index in [1.165, 1.54) is 22.9 Å². The van der Waals surface area contributed by atoms with Gasteiger partial charge in [0, 0.05) is 14.8 Å². The molecule has 0 saturated carbocycles. The lowest BCUT2D eigenvalue weighted by molar-refractivity contribution is -0.137. The number of alkyl halides is 3. The standard InChI is InChI=1S/C23H19F3I2N2O/c1-13-18(14-8-9-19-16(10-14)12-27-22(29)28-19)6-3-7-20(13)30-21(31)15-4-2-5-17(11-15)23(24,25)26/h2-12,21,30-31H,29H2,1H3. The summed E-state index contributed by atoms with van der Waals surface area (Å²) in [6, 6.07) is 16.8. The van der Waals surface area contributed by atoms with Crippen LogP contribution in [-0.2, 0) is 6.18 Å². The zero-order chi connectivity index (χ0) is 22.2. The predicted octanol–water partition coefficient (Wildman–Crippen LogP) is 6.10. The summed E-state index contributed by atoms with van der Waals surface area (Å²) in [7, 11) is 0. The molecule has 8 heteroatoms. The Hall–Kier alpha value is -1.63. The quantitative estimate of drug-likeness (QED) is 0.182. The van der Waals surface area contributed by atoms with E-state index in [0.29, 0.717) is 5.69 Å². The van der Waals surface area contributed by atoms with Crippen molar-refractivity contribution in [3.05, 3.63) is 86.5 Å². The normalized spacial score (nSPS) is 14.6. The topological polar surface area (TPSA) is 58.3 Å². The number of nitrogens with one attached hydrogen (secondary N) is 1. The maximum atomic E-state index is 13.0. The number of halogens is 5. The fourth-order valence-corrected chi connectivity index (χ4v) is 9.78. The molecule has 0 aromatic heterocycles. The number of hydrogen-bond donors (Lipinski definition) is 3. The predicted molar refractivity (Wildman–Crippen MR) is 138 cm³/mol. The first-order chi connectivity index (χ1) is 14.7. The minimum Gasteiger partial charge on any atom is -0.369 e. The molecule has 4 rings (SSSR count). The highest BCUT2D eigenvalue weighted by Gasteiger charge is 2.30. The van der Waals surface area contributed by atoms with Crippen LogP contribution in [0.25, 0.3) is 11.1 Å². The Kier molecular flexibility index (Phi) is 6.61. The lowest BCUT2D eigenvalue weighted by Crippen LogP contribution is -2.13. The van der Waals surface area contributed by atoms with Gasteiger partial charge in [-0.3, -0.25) is 5.73 Å². The van der Waals surface area contributed by atoms with E-state index in [1.807, 2.05) is 25.1 Å². The molecule has 0 bridgehead atoms. The van der Waals surface area contributed by atoms with Crippen molar-refractivity contribution in [2.45, 2.75) is 19.3 Å². The van der Waals surface area contributed by atoms with Gasteiger partial charge in [0.2, 0.25) is 0 Å². The van der Waals surface area contributed by atoms with Gasteiger partial charge in [0.15, 0.2) is 6.23 Å². The van der Waals surface area contributed by atoms with Gasteiger partial charge in [0.1, 0.15) is 0 Å². The number of nitrogens with two attached hydrogens (primary N) is 1. The lowest BCUT2D eigenvalue weighted by Gasteiger charge is -2.19. The fraction of sp³-hybridized carbons (Fsp3) is 0.130. The van der Waals surface area contributed by atoms with Gasteiger partial charge in [-0.05, 0) is 63.5 Å². The number of rotatable bonds is 4. The highest BCUT2D eigenvalue weighted by Crippen LogP contribution is 2.35. The summed E-state index contributed by atoms with van der Waals surface area (Å²) < 4.78 is 43.7. The molecule has 0 radical (unpaired) electrons. The lowest BCUT2D eigenvalue weighted by atomic mass is 9.97. The van der Waals surface area contributed by atoms with Gasteiger partial charge in [-0.25, -0.2) is 0 Å². The van der Waals surface area contributed by atoms with Crippen LogP contribution in [0, 0.1) is 10.5 Å². The van der Waals surface area contributed by atoms with Crippen LogP contribution in [-0.4, -0.2) is 10.8 Å². The fourth-order valence-electron chi connectivity index (χ4n) is 3.33. The van der Waals surface area contributed by atoms with Crippen LogP contribution in [0.5, 0.6) is 0 Å². The van der Waals surface area contributed by atoms with Crippen molar-refractivity contribution in [1.82, 2.24) is 0 Å². The Morgan fingerprint density at radius 2 is 1.81 bits per heavy atom. The van der Waals surface area contributed by atoms with Gasteiger partial charge in [-0.15, -0.1) is 0 Å². The Bertz CT molecular complexity index is 1210. The molecule has 1 aliphatic heterocycles. The molecule has 1 aliphatic rings. The van der Waals surface area contributed by atoms with Crippen LogP contribution in [0.3, 0.4) is 0 Å². The number of anilines is 1. The highest BCUT2D eigenvalue weighted by molar-refractivity contribution is 14.3. The van der Waals surface area contributed by atoms with Crippen molar-refractivity contribution in [3.8, 4) is 11.1 Å².